The fraction of sp³-hybridized carbons (Fsp3) is 0.118. The van der Waals surface area contributed by atoms with Crippen molar-refractivity contribution in [1.29, 1.82) is 0 Å². The molecule has 0 aliphatic heterocycles. The standard InChI is InChI=1S/C17H16N2S/c1-13-12-18-17(20)19(13)16(14-8-4-2-5-9-14)15-10-6-3-7-11-15/h2-12,16H,1H3,(H,18,20). The van der Waals surface area contributed by atoms with E-state index >= 15 is 0 Å². The van der Waals surface area contributed by atoms with Crippen molar-refractivity contribution in [3.05, 3.63) is 88.5 Å². The molecule has 0 unspecified atom stereocenters. The number of aromatic nitrogens is 2. The van der Waals surface area contributed by atoms with E-state index in [1.54, 1.807) is 0 Å². The molecular weight excluding hydrogens is 264 g/mol. The van der Waals surface area contributed by atoms with Gasteiger partial charge in [-0.25, -0.2) is 0 Å². The van der Waals surface area contributed by atoms with Crippen molar-refractivity contribution >= 4 is 12.2 Å². The third kappa shape index (κ3) is 2.32. The molecule has 1 N–H and O–H groups in total. The van der Waals surface area contributed by atoms with Gasteiger partial charge in [0.25, 0.3) is 0 Å². The fourth-order valence-electron chi connectivity index (χ4n) is 2.55. The zero-order valence-corrected chi connectivity index (χ0v) is 12.1. The van der Waals surface area contributed by atoms with E-state index in [1.165, 1.54) is 11.1 Å². The molecule has 0 aliphatic rings. The first-order valence-electron chi connectivity index (χ1n) is 6.64. The third-order valence-corrected chi connectivity index (χ3v) is 3.81. The molecule has 0 spiro atoms. The number of rotatable bonds is 3. The van der Waals surface area contributed by atoms with Crippen LogP contribution in [-0.4, -0.2) is 9.55 Å². The van der Waals surface area contributed by atoms with E-state index in [1.807, 2.05) is 18.3 Å². The molecule has 1 heterocycles. The molecule has 1 aromatic heterocycles. The Bertz CT molecular complexity index is 702. The first kappa shape index (κ1) is 12.9. The van der Waals surface area contributed by atoms with Gasteiger partial charge in [0, 0.05) is 11.9 Å². The fourth-order valence-corrected chi connectivity index (χ4v) is 2.86. The highest BCUT2D eigenvalue weighted by Crippen LogP contribution is 2.28. The van der Waals surface area contributed by atoms with Gasteiger partial charge in [-0.15, -0.1) is 0 Å². The molecule has 2 aromatic carbocycles. The minimum atomic E-state index is 0.108. The maximum atomic E-state index is 5.46. The normalized spacial score (nSPS) is 10.9. The van der Waals surface area contributed by atoms with Crippen molar-refractivity contribution in [3.63, 3.8) is 0 Å². The Morgan fingerprint density at radius 2 is 1.40 bits per heavy atom. The second-order valence-electron chi connectivity index (χ2n) is 4.83. The van der Waals surface area contributed by atoms with Crippen LogP contribution in [0.3, 0.4) is 0 Å². The van der Waals surface area contributed by atoms with Crippen LogP contribution < -0.4 is 0 Å². The van der Waals surface area contributed by atoms with Crippen LogP contribution in [0, 0.1) is 11.7 Å². The van der Waals surface area contributed by atoms with Gasteiger partial charge in [-0.1, -0.05) is 60.7 Å². The second kappa shape index (κ2) is 5.47. The van der Waals surface area contributed by atoms with Crippen LogP contribution in [0.4, 0.5) is 0 Å². The van der Waals surface area contributed by atoms with Crippen LogP contribution >= 0.6 is 12.2 Å². The summed E-state index contributed by atoms with van der Waals surface area (Å²) in [6.07, 6.45) is 1.96. The smallest absolute Gasteiger partial charge is 0.178 e. The van der Waals surface area contributed by atoms with Crippen molar-refractivity contribution in [2.45, 2.75) is 13.0 Å². The Hall–Kier alpha value is -2.13. The van der Waals surface area contributed by atoms with E-state index in [2.05, 4.69) is 65.0 Å². The number of aromatic amines is 1. The molecule has 0 atom stereocenters. The Labute approximate surface area is 123 Å². The first-order valence-corrected chi connectivity index (χ1v) is 7.04. The molecule has 0 amide bonds. The van der Waals surface area contributed by atoms with Crippen LogP contribution in [0.15, 0.2) is 66.9 Å². The lowest BCUT2D eigenvalue weighted by Gasteiger charge is -2.21. The summed E-state index contributed by atoms with van der Waals surface area (Å²) in [5.41, 5.74) is 3.60. The molecule has 3 rings (SSSR count). The van der Waals surface area contributed by atoms with Crippen LogP contribution in [-0.2, 0) is 0 Å². The SMILES string of the molecule is Cc1c[nH]c(=S)n1C(c1ccccc1)c1ccccc1. The summed E-state index contributed by atoms with van der Waals surface area (Å²) in [5, 5.41) is 0. The Balaban J connectivity index is 2.22. The molecule has 0 aliphatic carbocycles. The van der Waals surface area contributed by atoms with Gasteiger partial charge in [0.2, 0.25) is 0 Å². The van der Waals surface area contributed by atoms with E-state index in [4.69, 9.17) is 12.2 Å². The summed E-state index contributed by atoms with van der Waals surface area (Å²) in [4.78, 5) is 3.13. The molecule has 0 saturated carbocycles. The van der Waals surface area contributed by atoms with Crippen LogP contribution in [0.2, 0.25) is 0 Å². The molecule has 20 heavy (non-hydrogen) atoms. The molecule has 3 aromatic rings. The monoisotopic (exact) mass is 280 g/mol. The van der Waals surface area contributed by atoms with Crippen molar-refractivity contribution in [1.82, 2.24) is 9.55 Å². The molecule has 2 nitrogen and oxygen atoms in total. The molecule has 3 heteroatoms. The Morgan fingerprint density at radius 1 is 0.900 bits per heavy atom. The van der Waals surface area contributed by atoms with Gasteiger partial charge in [0.15, 0.2) is 4.77 Å². The van der Waals surface area contributed by atoms with E-state index in [0.29, 0.717) is 0 Å². The Kier molecular flexibility index (Phi) is 3.52. The molecule has 100 valence electrons. The quantitative estimate of drug-likeness (QED) is 0.701. The summed E-state index contributed by atoms with van der Waals surface area (Å²) in [5.74, 6) is 0. The number of benzene rings is 2. The van der Waals surface area contributed by atoms with Crippen molar-refractivity contribution in [3.8, 4) is 0 Å². The van der Waals surface area contributed by atoms with Gasteiger partial charge in [-0.05, 0) is 30.3 Å². The molecule has 0 bridgehead atoms. The molecule has 0 fully saturated rings. The van der Waals surface area contributed by atoms with Gasteiger partial charge < -0.3 is 9.55 Å². The Morgan fingerprint density at radius 3 is 1.80 bits per heavy atom. The molecule has 0 radical (unpaired) electrons. The average molecular weight is 280 g/mol. The van der Waals surface area contributed by atoms with Gasteiger partial charge in [-0.2, -0.15) is 0 Å². The maximum absolute atomic E-state index is 5.46. The predicted molar refractivity (Wildman–Crippen MR) is 84.5 cm³/mol. The summed E-state index contributed by atoms with van der Waals surface area (Å²) < 4.78 is 2.92. The molecule has 0 saturated heterocycles. The van der Waals surface area contributed by atoms with Crippen molar-refractivity contribution in [2.75, 3.05) is 0 Å². The molecular formula is C17H16N2S. The second-order valence-corrected chi connectivity index (χ2v) is 5.22. The third-order valence-electron chi connectivity index (χ3n) is 3.49. The number of hydrogen-bond donors (Lipinski definition) is 1. The number of nitrogens with zero attached hydrogens (tertiary/aromatic N) is 1. The predicted octanol–water partition coefficient (Wildman–Crippen LogP) is 4.49. The van der Waals surface area contributed by atoms with Crippen LogP contribution in [0.25, 0.3) is 0 Å². The number of aryl methyl sites for hydroxylation is 1. The largest absolute Gasteiger partial charge is 0.337 e. The summed E-state index contributed by atoms with van der Waals surface area (Å²) in [7, 11) is 0. The highest BCUT2D eigenvalue weighted by Gasteiger charge is 2.18. The van der Waals surface area contributed by atoms with Crippen molar-refractivity contribution in [2.24, 2.45) is 0 Å². The van der Waals surface area contributed by atoms with Gasteiger partial charge in [-0.3, -0.25) is 0 Å². The van der Waals surface area contributed by atoms with E-state index in [-0.39, 0.29) is 6.04 Å². The van der Waals surface area contributed by atoms with Crippen LogP contribution in [0.1, 0.15) is 22.9 Å². The number of nitrogens with one attached hydrogen (secondary N) is 1. The lowest BCUT2D eigenvalue weighted by Crippen LogP contribution is -2.13. The lowest BCUT2D eigenvalue weighted by atomic mass is 9.98. The van der Waals surface area contributed by atoms with E-state index < -0.39 is 0 Å². The van der Waals surface area contributed by atoms with Crippen molar-refractivity contribution < 1.29 is 0 Å². The van der Waals surface area contributed by atoms with E-state index in [9.17, 15) is 0 Å². The summed E-state index contributed by atoms with van der Waals surface area (Å²) >= 11 is 5.46. The zero-order valence-electron chi connectivity index (χ0n) is 11.3. The average Bonchev–Trinajstić information content (AvgIpc) is 2.82. The topological polar surface area (TPSA) is 20.7 Å². The van der Waals surface area contributed by atoms with E-state index in [0.717, 1.165) is 10.5 Å². The number of H-pyrrole nitrogens is 1. The zero-order chi connectivity index (χ0) is 13.9. The highest BCUT2D eigenvalue weighted by molar-refractivity contribution is 7.71. The van der Waals surface area contributed by atoms with Gasteiger partial charge in [0.1, 0.15) is 0 Å². The minimum Gasteiger partial charge on any atom is -0.337 e. The minimum absolute atomic E-state index is 0.108. The number of imidazole rings is 1. The number of hydrogen-bond acceptors (Lipinski definition) is 1. The summed E-state index contributed by atoms with van der Waals surface area (Å²) in [6, 6.07) is 21.0. The highest BCUT2D eigenvalue weighted by atomic mass is 32.1. The van der Waals surface area contributed by atoms with Crippen LogP contribution in [0.5, 0.6) is 0 Å². The summed E-state index contributed by atoms with van der Waals surface area (Å²) in [6.45, 7) is 2.07. The first-order chi connectivity index (χ1) is 9.77. The maximum Gasteiger partial charge on any atom is 0.178 e. The van der Waals surface area contributed by atoms with Gasteiger partial charge >= 0.3 is 0 Å². The lowest BCUT2D eigenvalue weighted by molar-refractivity contribution is 0.650. The van der Waals surface area contributed by atoms with Gasteiger partial charge in [0.05, 0.1) is 6.04 Å².